The van der Waals surface area contributed by atoms with Gasteiger partial charge in [-0.15, -0.1) is 0 Å². The first kappa shape index (κ1) is 15.4. The van der Waals surface area contributed by atoms with Gasteiger partial charge in [0, 0.05) is 45.3 Å². The molecular formula is C15H22F2N2O. The molecule has 0 bridgehead atoms. The Labute approximate surface area is 118 Å². The average Bonchev–Trinajstić information content (AvgIpc) is 2.28. The summed E-state index contributed by atoms with van der Waals surface area (Å²) in [5, 5.41) is 9.79. The van der Waals surface area contributed by atoms with Crippen molar-refractivity contribution in [2.75, 3.05) is 32.7 Å². The molecule has 1 aliphatic heterocycles. The van der Waals surface area contributed by atoms with Crippen LogP contribution in [0.5, 0.6) is 0 Å². The third kappa shape index (κ3) is 4.81. The Hall–Kier alpha value is -1.04. The maximum absolute atomic E-state index is 13.1. The van der Waals surface area contributed by atoms with Gasteiger partial charge < -0.3 is 5.11 Å². The Bertz CT molecular complexity index is 431. The van der Waals surface area contributed by atoms with Gasteiger partial charge in [-0.3, -0.25) is 9.80 Å². The molecule has 5 heteroatoms. The minimum absolute atomic E-state index is 0.527. The van der Waals surface area contributed by atoms with Crippen LogP contribution in [0.25, 0.3) is 0 Å². The van der Waals surface area contributed by atoms with Crippen LogP contribution in [0.4, 0.5) is 8.78 Å². The van der Waals surface area contributed by atoms with Crippen LogP contribution in [-0.4, -0.2) is 53.2 Å². The van der Waals surface area contributed by atoms with Crippen LogP contribution in [0.15, 0.2) is 18.2 Å². The largest absolute Gasteiger partial charge is 0.389 e. The van der Waals surface area contributed by atoms with E-state index in [1.54, 1.807) is 13.8 Å². The molecule has 0 atom stereocenters. The van der Waals surface area contributed by atoms with Crippen molar-refractivity contribution in [1.29, 1.82) is 0 Å². The zero-order valence-corrected chi connectivity index (χ0v) is 12.1. The second-order valence-electron chi connectivity index (χ2n) is 6.14. The molecule has 0 amide bonds. The fraction of sp³-hybridized carbons (Fsp3) is 0.600. The normalized spacial score (nSPS) is 18.4. The minimum atomic E-state index is -0.687. The topological polar surface area (TPSA) is 26.7 Å². The lowest BCUT2D eigenvalue weighted by Crippen LogP contribution is -2.50. The van der Waals surface area contributed by atoms with E-state index in [-0.39, 0.29) is 0 Å². The van der Waals surface area contributed by atoms with Crippen molar-refractivity contribution >= 4 is 0 Å². The van der Waals surface area contributed by atoms with Crippen molar-refractivity contribution in [3.8, 4) is 0 Å². The number of hydrogen-bond acceptors (Lipinski definition) is 3. The number of piperazine rings is 1. The van der Waals surface area contributed by atoms with E-state index >= 15 is 0 Å². The lowest BCUT2D eigenvalue weighted by Gasteiger charge is -2.37. The number of β-amino-alcohol motifs (C(OH)–C–C–N with tert-alkyl or cyclic N) is 1. The van der Waals surface area contributed by atoms with Gasteiger partial charge in [-0.2, -0.15) is 0 Å². The molecule has 1 heterocycles. The zero-order chi connectivity index (χ0) is 14.8. The number of aliphatic hydroxyl groups is 1. The van der Waals surface area contributed by atoms with Crippen LogP contribution >= 0.6 is 0 Å². The second-order valence-corrected chi connectivity index (χ2v) is 6.14. The van der Waals surface area contributed by atoms with E-state index in [0.29, 0.717) is 18.7 Å². The molecular weight excluding hydrogens is 262 g/mol. The molecule has 1 saturated heterocycles. The van der Waals surface area contributed by atoms with Crippen molar-refractivity contribution < 1.29 is 13.9 Å². The third-order valence-corrected chi connectivity index (χ3v) is 3.40. The fourth-order valence-electron chi connectivity index (χ4n) is 2.61. The van der Waals surface area contributed by atoms with E-state index in [0.717, 1.165) is 32.2 Å². The van der Waals surface area contributed by atoms with Gasteiger partial charge in [0.05, 0.1) is 5.60 Å². The van der Waals surface area contributed by atoms with Gasteiger partial charge in [-0.05, 0) is 31.5 Å². The van der Waals surface area contributed by atoms with Gasteiger partial charge in [0.15, 0.2) is 0 Å². The molecule has 112 valence electrons. The molecule has 1 aromatic rings. The molecule has 0 aromatic heterocycles. The summed E-state index contributed by atoms with van der Waals surface area (Å²) in [6.45, 7) is 8.22. The molecule has 2 rings (SSSR count). The van der Waals surface area contributed by atoms with Gasteiger partial charge in [-0.1, -0.05) is 0 Å². The molecule has 1 N–H and O–H groups in total. The summed E-state index contributed by atoms with van der Waals surface area (Å²) in [7, 11) is 0. The highest BCUT2D eigenvalue weighted by Gasteiger charge is 2.22. The molecule has 1 fully saturated rings. The van der Waals surface area contributed by atoms with Gasteiger partial charge in [-0.25, -0.2) is 8.78 Å². The molecule has 20 heavy (non-hydrogen) atoms. The number of hydrogen-bond donors (Lipinski definition) is 1. The molecule has 3 nitrogen and oxygen atoms in total. The Morgan fingerprint density at radius 3 is 2.00 bits per heavy atom. The number of benzene rings is 1. The van der Waals surface area contributed by atoms with Gasteiger partial charge in [0.1, 0.15) is 11.6 Å². The summed E-state index contributed by atoms with van der Waals surface area (Å²) in [5.41, 5.74) is -0.0214. The average molecular weight is 284 g/mol. The zero-order valence-electron chi connectivity index (χ0n) is 12.1. The first-order valence-corrected chi connectivity index (χ1v) is 6.94. The monoisotopic (exact) mass is 284 g/mol. The highest BCUT2D eigenvalue weighted by atomic mass is 19.1. The molecule has 0 saturated carbocycles. The third-order valence-electron chi connectivity index (χ3n) is 3.40. The highest BCUT2D eigenvalue weighted by molar-refractivity contribution is 5.17. The number of nitrogens with zero attached hydrogens (tertiary/aromatic N) is 2. The van der Waals surface area contributed by atoms with Crippen LogP contribution in [-0.2, 0) is 6.54 Å². The molecule has 1 aromatic carbocycles. The van der Waals surface area contributed by atoms with Crippen molar-refractivity contribution in [3.63, 3.8) is 0 Å². The number of halogens is 2. The van der Waals surface area contributed by atoms with Crippen molar-refractivity contribution in [1.82, 2.24) is 9.80 Å². The van der Waals surface area contributed by atoms with Crippen molar-refractivity contribution in [2.24, 2.45) is 0 Å². The van der Waals surface area contributed by atoms with Crippen molar-refractivity contribution in [2.45, 2.75) is 26.0 Å². The van der Waals surface area contributed by atoms with E-state index < -0.39 is 17.2 Å². The second kappa shape index (κ2) is 6.16. The quantitative estimate of drug-likeness (QED) is 0.914. The van der Waals surface area contributed by atoms with Crippen LogP contribution in [0.3, 0.4) is 0 Å². The summed E-state index contributed by atoms with van der Waals surface area (Å²) in [6.07, 6.45) is 0. The maximum Gasteiger partial charge on any atom is 0.126 e. The first-order valence-electron chi connectivity index (χ1n) is 6.94. The summed E-state index contributed by atoms with van der Waals surface area (Å²) >= 11 is 0. The van der Waals surface area contributed by atoms with E-state index in [2.05, 4.69) is 9.80 Å². The Kier molecular flexibility index (Phi) is 4.73. The molecule has 0 spiro atoms. The lowest BCUT2D eigenvalue weighted by atomic mass is 10.1. The van der Waals surface area contributed by atoms with Gasteiger partial charge in [0.2, 0.25) is 0 Å². The van der Waals surface area contributed by atoms with E-state index in [4.69, 9.17) is 0 Å². The molecule has 0 radical (unpaired) electrons. The highest BCUT2D eigenvalue weighted by Crippen LogP contribution is 2.13. The molecule has 1 aliphatic rings. The van der Waals surface area contributed by atoms with Crippen LogP contribution < -0.4 is 0 Å². The summed E-state index contributed by atoms with van der Waals surface area (Å²) in [4.78, 5) is 4.39. The minimum Gasteiger partial charge on any atom is -0.389 e. The maximum atomic E-state index is 13.1. The fourth-order valence-corrected chi connectivity index (χ4v) is 2.61. The SMILES string of the molecule is CC(C)(O)CN1CCN(Cc2cc(F)cc(F)c2)CC1. The first-order chi connectivity index (χ1) is 9.32. The predicted molar refractivity (Wildman–Crippen MR) is 74.4 cm³/mol. The van der Waals surface area contributed by atoms with Gasteiger partial charge in [0.25, 0.3) is 0 Å². The Morgan fingerprint density at radius 2 is 1.50 bits per heavy atom. The van der Waals surface area contributed by atoms with E-state index in [9.17, 15) is 13.9 Å². The molecule has 0 unspecified atom stereocenters. The Morgan fingerprint density at radius 1 is 1.00 bits per heavy atom. The van der Waals surface area contributed by atoms with Crippen LogP contribution in [0, 0.1) is 11.6 Å². The van der Waals surface area contributed by atoms with Crippen LogP contribution in [0.2, 0.25) is 0 Å². The smallest absolute Gasteiger partial charge is 0.126 e. The Balaban J connectivity index is 1.85. The van der Waals surface area contributed by atoms with Crippen LogP contribution in [0.1, 0.15) is 19.4 Å². The standard InChI is InChI=1S/C15H22F2N2O/c1-15(2,20)11-19-5-3-18(4-6-19)10-12-7-13(16)9-14(17)8-12/h7-9,20H,3-6,10-11H2,1-2H3. The summed E-state index contributed by atoms with van der Waals surface area (Å²) in [6, 6.07) is 3.66. The summed E-state index contributed by atoms with van der Waals surface area (Å²) in [5.74, 6) is -1.05. The number of rotatable bonds is 4. The van der Waals surface area contributed by atoms with Gasteiger partial charge >= 0.3 is 0 Å². The summed E-state index contributed by atoms with van der Waals surface area (Å²) < 4.78 is 26.3. The molecule has 0 aliphatic carbocycles. The lowest BCUT2D eigenvalue weighted by molar-refractivity contribution is 0.0166. The van der Waals surface area contributed by atoms with E-state index in [1.165, 1.54) is 12.1 Å². The van der Waals surface area contributed by atoms with Crippen molar-refractivity contribution in [3.05, 3.63) is 35.4 Å². The van der Waals surface area contributed by atoms with E-state index in [1.807, 2.05) is 0 Å². The predicted octanol–water partition coefficient (Wildman–Crippen LogP) is 1.85.